The van der Waals surface area contributed by atoms with Gasteiger partial charge in [-0.05, 0) is 44.6 Å². The van der Waals surface area contributed by atoms with Crippen LogP contribution in [-0.4, -0.2) is 45.6 Å². The van der Waals surface area contributed by atoms with E-state index < -0.39 is 22.6 Å². The highest BCUT2D eigenvalue weighted by Crippen LogP contribution is 2.37. The third-order valence-corrected chi connectivity index (χ3v) is 6.28. The summed E-state index contributed by atoms with van der Waals surface area (Å²) < 4.78 is 7.55. The first-order chi connectivity index (χ1) is 15.3. The molecule has 1 amide bonds. The number of benzene rings is 1. The number of piperidine rings is 1. The molecule has 1 aromatic heterocycles. The Bertz CT molecular complexity index is 1090. The first kappa shape index (κ1) is 23.5. The summed E-state index contributed by atoms with van der Waals surface area (Å²) >= 11 is 0. The van der Waals surface area contributed by atoms with Crippen molar-refractivity contribution >= 4 is 11.9 Å². The summed E-state index contributed by atoms with van der Waals surface area (Å²) in [5.41, 5.74) is -0.658. The maximum atomic E-state index is 13.3. The highest BCUT2D eigenvalue weighted by molar-refractivity contribution is 5.93. The number of carbonyl (C=O) groups is 2. The van der Waals surface area contributed by atoms with Crippen LogP contribution in [0.5, 0.6) is 0 Å². The van der Waals surface area contributed by atoms with Gasteiger partial charge in [-0.25, -0.2) is 4.79 Å². The number of likely N-dealkylation sites (tertiary alicyclic amines) is 1. The average Bonchev–Trinajstić information content (AvgIpc) is 2.80. The fraction of sp³-hybridized carbons (Fsp3) is 0.500. The molecule has 0 bridgehead atoms. The minimum absolute atomic E-state index is 0.0297. The Morgan fingerprint density at radius 1 is 1.09 bits per heavy atom. The number of aromatic nitrogens is 2. The van der Waals surface area contributed by atoms with Crippen molar-refractivity contribution in [2.45, 2.75) is 39.0 Å². The Morgan fingerprint density at radius 2 is 1.81 bits per heavy atom. The van der Waals surface area contributed by atoms with Gasteiger partial charge in [0.25, 0.3) is 11.5 Å². The lowest BCUT2D eigenvalue weighted by atomic mass is 9.75. The minimum atomic E-state index is -0.794. The molecule has 0 saturated carbocycles. The van der Waals surface area contributed by atoms with Crippen LogP contribution in [0.4, 0.5) is 0 Å². The molecule has 1 aliphatic heterocycles. The van der Waals surface area contributed by atoms with E-state index in [1.807, 2.05) is 18.2 Å². The van der Waals surface area contributed by atoms with Crippen LogP contribution in [0.2, 0.25) is 0 Å². The van der Waals surface area contributed by atoms with Gasteiger partial charge >= 0.3 is 11.7 Å². The van der Waals surface area contributed by atoms with Crippen LogP contribution in [0.1, 0.15) is 48.7 Å². The fourth-order valence-corrected chi connectivity index (χ4v) is 4.44. The van der Waals surface area contributed by atoms with E-state index in [1.165, 1.54) is 30.3 Å². The summed E-state index contributed by atoms with van der Waals surface area (Å²) in [6, 6.07) is 11.3. The molecule has 0 N–H and O–H groups in total. The quantitative estimate of drug-likeness (QED) is 0.612. The lowest BCUT2D eigenvalue weighted by Crippen LogP contribution is -2.52. The zero-order valence-corrected chi connectivity index (χ0v) is 19.0. The van der Waals surface area contributed by atoms with Crippen LogP contribution in [0.25, 0.3) is 0 Å². The van der Waals surface area contributed by atoms with Crippen LogP contribution in [0.15, 0.2) is 46.0 Å². The molecule has 1 fully saturated rings. The SMILES string of the molecule is CCOC(=O)[C@]1(CCCc2ccccc2)CCCN(C(=O)c2cc(=O)n(C)c(=O)n2C)C1. The highest BCUT2D eigenvalue weighted by Gasteiger charge is 2.44. The van der Waals surface area contributed by atoms with Crippen LogP contribution in [-0.2, 0) is 30.0 Å². The Balaban J connectivity index is 1.83. The summed E-state index contributed by atoms with van der Waals surface area (Å²) in [5.74, 6) is -0.706. The van der Waals surface area contributed by atoms with Gasteiger partial charge in [0.15, 0.2) is 0 Å². The van der Waals surface area contributed by atoms with Gasteiger partial charge in [0, 0.05) is 33.3 Å². The molecule has 8 nitrogen and oxygen atoms in total. The van der Waals surface area contributed by atoms with Crippen LogP contribution in [0, 0.1) is 5.41 Å². The Morgan fingerprint density at radius 3 is 2.50 bits per heavy atom. The zero-order valence-electron chi connectivity index (χ0n) is 19.0. The van der Waals surface area contributed by atoms with E-state index in [0.717, 1.165) is 17.4 Å². The van der Waals surface area contributed by atoms with Gasteiger partial charge in [0.05, 0.1) is 12.0 Å². The molecule has 32 heavy (non-hydrogen) atoms. The molecule has 172 valence electrons. The molecule has 0 unspecified atom stereocenters. The van der Waals surface area contributed by atoms with Crippen LogP contribution in [0.3, 0.4) is 0 Å². The minimum Gasteiger partial charge on any atom is -0.466 e. The van der Waals surface area contributed by atoms with E-state index in [2.05, 4.69) is 12.1 Å². The molecule has 3 rings (SSSR count). The second-order valence-corrected chi connectivity index (χ2v) is 8.44. The van der Waals surface area contributed by atoms with Gasteiger partial charge in [-0.15, -0.1) is 0 Å². The second kappa shape index (κ2) is 9.97. The third kappa shape index (κ3) is 4.84. The van der Waals surface area contributed by atoms with Crippen molar-refractivity contribution in [3.63, 3.8) is 0 Å². The monoisotopic (exact) mass is 441 g/mol. The number of hydrogen-bond acceptors (Lipinski definition) is 5. The molecule has 1 aliphatic rings. The number of aryl methyl sites for hydroxylation is 1. The fourth-order valence-electron chi connectivity index (χ4n) is 4.44. The summed E-state index contributed by atoms with van der Waals surface area (Å²) in [6.07, 6.45) is 3.50. The van der Waals surface area contributed by atoms with E-state index in [0.29, 0.717) is 25.8 Å². The molecule has 8 heteroatoms. The number of rotatable bonds is 7. The Hall–Kier alpha value is -3.16. The van der Waals surface area contributed by atoms with Gasteiger partial charge < -0.3 is 9.64 Å². The van der Waals surface area contributed by atoms with E-state index in [4.69, 9.17) is 4.74 Å². The summed E-state index contributed by atoms with van der Waals surface area (Å²) in [5, 5.41) is 0. The van der Waals surface area contributed by atoms with Crippen molar-refractivity contribution in [2.75, 3.05) is 19.7 Å². The van der Waals surface area contributed by atoms with Crippen LogP contribution < -0.4 is 11.2 Å². The predicted octanol–water partition coefficient (Wildman–Crippen LogP) is 1.89. The first-order valence-corrected chi connectivity index (χ1v) is 11.1. The van der Waals surface area contributed by atoms with Crippen molar-refractivity contribution < 1.29 is 14.3 Å². The van der Waals surface area contributed by atoms with E-state index in [-0.39, 0.29) is 24.8 Å². The normalized spacial score (nSPS) is 18.4. The molecular weight excluding hydrogens is 410 g/mol. The van der Waals surface area contributed by atoms with Crippen molar-refractivity contribution in [3.8, 4) is 0 Å². The zero-order chi connectivity index (χ0) is 23.3. The molecule has 1 aromatic carbocycles. The Labute approximate surface area is 187 Å². The number of carbonyl (C=O) groups excluding carboxylic acids is 2. The van der Waals surface area contributed by atoms with Crippen molar-refractivity contribution in [1.82, 2.24) is 14.0 Å². The number of hydrogen-bond donors (Lipinski definition) is 0. The van der Waals surface area contributed by atoms with Gasteiger partial charge in [-0.3, -0.25) is 23.5 Å². The second-order valence-electron chi connectivity index (χ2n) is 8.44. The predicted molar refractivity (Wildman–Crippen MR) is 121 cm³/mol. The molecule has 0 radical (unpaired) electrons. The average molecular weight is 442 g/mol. The maximum absolute atomic E-state index is 13.3. The standard InChI is InChI=1S/C24H31N3O5/c1-4-32-22(30)24(13-8-12-18-10-6-5-7-11-18)14-9-15-27(17-24)21(29)19-16-20(28)26(3)23(31)25(19)2/h5-7,10-11,16H,4,8-9,12-15,17H2,1-3H3/t24-/m1/s1. The number of amides is 1. The Kier molecular flexibility index (Phi) is 7.33. The molecule has 2 heterocycles. The topological polar surface area (TPSA) is 90.6 Å². The van der Waals surface area contributed by atoms with Crippen molar-refractivity contribution in [3.05, 3.63) is 68.5 Å². The summed E-state index contributed by atoms with van der Waals surface area (Å²) in [7, 11) is 2.84. The molecule has 0 spiro atoms. The van der Waals surface area contributed by atoms with Gasteiger partial charge in [0.1, 0.15) is 5.69 Å². The lowest BCUT2D eigenvalue weighted by Gasteiger charge is -2.41. The molecular formula is C24H31N3O5. The van der Waals surface area contributed by atoms with Crippen LogP contribution >= 0.6 is 0 Å². The largest absolute Gasteiger partial charge is 0.466 e. The van der Waals surface area contributed by atoms with E-state index in [9.17, 15) is 19.2 Å². The number of ether oxygens (including phenoxy) is 1. The van der Waals surface area contributed by atoms with Gasteiger partial charge in [0.2, 0.25) is 0 Å². The first-order valence-electron chi connectivity index (χ1n) is 11.1. The van der Waals surface area contributed by atoms with Gasteiger partial charge in [-0.2, -0.15) is 0 Å². The molecule has 1 saturated heterocycles. The van der Waals surface area contributed by atoms with Crippen molar-refractivity contribution in [2.24, 2.45) is 19.5 Å². The number of nitrogens with zero attached hydrogens (tertiary/aromatic N) is 3. The van der Waals surface area contributed by atoms with Crippen molar-refractivity contribution in [1.29, 1.82) is 0 Å². The summed E-state index contributed by atoms with van der Waals surface area (Å²) in [4.78, 5) is 52.2. The van der Waals surface area contributed by atoms with Gasteiger partial charge in [-0.1, -0.05) is 30.3 Å². The summed E-state index contributed by atoms with van der Waals surface area (Å²) in [6.45, 7) is 2.72. The lowest BCUT2D eigenvalue weighted by molar-refractivity contribution is -0.159. The smallest absolute Gasteiger partial charge is 0.331 e. The third-order valence-electron chi connectivity index (χ3n) is 6.28. The van der Waals surface area contributed by atoms with E-state index in [1.54, 1.807) is 11.8 Å². The number of esters is 1. The maximum Gasteiger partial charge on any atom is 0.331 e. The molecule has 0 aliphatic carbocycles. The molecule has 1 atom stereocenters. The highest BCUT2D eigenvalue weighted by atomic mass is 16.5. The van der Waals surface area contributed by atoms with E-state index >= 15 is 0 Å². The molecule has 2 aromatic rings.